The van der Waals surface area contributed by atoms with E-state index in [1.54, 1.807) is 5.57 Å². The van der Waals surface area contributed by atoms with Crippen LogP contribution in [0.15, 0.2) is 60.8 Å². The van der Waals surface area contributed by atoms with Crippen molar-refractivity contribution in [2.75, 3.05) is 7.11 Å². The normalized spacial score (nSPS) is 25.8. The first-order valence-corrected chi connectivity index (χ1v) is 11.7. The zero-order valence-electron chi connectivity index (χ0n) is 18.4. The van der Waals surface area contributed by atoms with Crippen LogP contribution in [0.5, 0.6) is 0 Å². The number of benzene rings is 2. The van der Waals surface area contributed by atoms with E-state index in [1.165, 1.54) is 50.4 Å². The molecule has 162 valence electrons. The number of esters is 1. The van der Waals surface area contributed by atoms with Crippen molar-refractivity contribution in [2.24, 2.45) is 23.7 Å². The minimum absolute atomic E-state index is 0.378. The predicted molar refractivity (Wildman–Crippen MR) is 127 cm³/mol. The Morgan fingerprint density at radius 1 is 1.00 bits per heavy atom. The van der Waals surface area contributed by atoms with E-state index in [2.05, 4.69) is 47.1 Å². The van der Waals surface area contributed by atoms with Gasteiger partial charge in [-0.25, -0.2) is 4.79 Å². The van der Waals surface area contributed by atoms with Gasteiger partial charge in [-0.2, -0.15) is 5.10 Å². The Hall–Kier alpha value is -3.14. The third-order valence-corrected chi connectivity index (χ3v) is 7.99. The van der Waals surface area contributed by atoms with Gasteiger partial charge < -0.3 is 4.74 Å². The molecule has 1 heterocycles. The number of rotatable bonds is 4. The Bertz CT molecular complexity index is 1240. The molecule has 0 aliphatic heterocycles. The van der Waals surface area contributed by atoms with Crippen molar-refractivity contribution in [3.63, 3.8) is 0 Å². The summed E-state index contributed by atoms with van der Waals surface area (Å²) in [5.41, 5.74) is 7.50. The number of aromatic amines is 1. The monoisotopic (exact) mass is 424 g/mol. The summed E-state index contributed by atoms with van der Waals surface area (Å²) in [6.45, 7) is 4.10. The van der Waals surface area contributed by atoms with Crippen LogP contribution in [0.3, 0.4) is 0 Å². The van der Waals surface area contributed by atoms with Gasteiger partial charge in [0.15, 0.2) is 0 Å². The lowest BCUT2D eigenvalue weighted by atomic mass is 9.53. The molecule has 0 atom stereocenters. The number of ether oxygens (including phenoxy) is 1. The second-order valence-electron chi connectivity index (χ2n) is 9.82. The maximum atomic E-state index is 12.4. The molecule has 4 aliphatic rings. The Labute approximate surface area is 188 Å². The molecule has 32 heavy (non-hydrogen) atoms. The van der Waals surface area contributed by atoms with Crippen LogP contribution in [0.4, 0.5) is 0 Å². The molecule has 0 radical (unpaired) electrons. The molecule has 4 nitrogen and oxygen atoms in total. The minimum Gasteiger partial charge on any atom is -0.465 e. The van der Waals surface area contributed by atoms with Crippen LogP contribution in [0, 0.1) is 23.7 Å². The van der Waals surface area contributed by atoms with Gasteiger partial charge in [0.2, 0.25) is 0 Å². The van der Waals surface area contributed by atoms with Gasteiger partial charge in [-0.15, -0.1) is 0 Å². The molecule has 0 amide bonds. The van der Waals surface area contributed by atoms with Crippen LogP contribution in [0.25, 0.3) is 22.0 Å². The van der Waals surface area contributed by atoms with Crippen molar-refractivity contribution in [1.29, 1.82) is 0 Å². The highest BCUT2D eigenvalue weighted by atomic mass is 16.5. The summed E-state index contributed by atoms with van der Waals surface area (Å²) < 4.78 is 5.03. The van der Waals surface area contributed by atoms with Crippen molar-refractivity contribution >= 4 is 28.0 Å². The Morgan fingerprint density at radius 3 is 2.38 bits per heavy atom. The number of nitrogens with zero attached hydrogens (tertiary/aromatic N) is 1. The van der Waals surface area contributed by atoms with Crippen molar-refractivity contribution < 1.29 is 9.53 Å². The number of fused-ring (bicyclic) bond motifs is 1. The molecule has 7 rings (SSSR count). The van der Waals surface area contributed by atoms with Crippen LogP contribution in [-0.4, -0.2) is 23.3 Å². The first-order valence-electron chi connectivity index (χ1n) is 11.7. The van der Waals surface area contributed by atoms with Crippen LogP contribution in [0.2, 0.25) is 0 Å². The fourth-order valence-electron chi connectivity index (χ4n) is 6.87. The fraction of sp³-hybridized carbons (Fsp3) is 0.357. The lowest BCUT2D eigenvalue weighted by Gasteiger charge is -2.52. The summed E-state index contributed by atoms with van der Waals surface area (Å²) in [6.07, 6.45) is 8.53. The molecule has 0 saturated heterocycles. The van der Waals surface area contributed by atoms with Gasteiger partial charge >= 0.3 is 5.97 Å². The average Bonchev–Trinajstić information content (AvgIpc) is 3.28. The predicted octanol–water partition coefficient (Wildman–Crippen LogP) is 6.01. The van der Waals surface area contributed by atoms with Crippen molar-refractivity contribution in [3.8, 4) is 0 Å². The van der Waals surface area contributed by atoms with Crippen molar-refractivity contribution in [3.05, 3.63) is 77.5 Å². The molecule has 3 aromatic rings. The van der Waals surface area contributed by atoms with Gasteiger partial charge in [0.25, 0.3) is 0 Å². The number of hydrogen-bond donors (Lipinski definition) is 1. The molecule has 0 unspecified atom stereocenters. The lowest BCUT2D eigenvalue weighted by Crippen LogP contribution is -2.40. The van der Waals surface area contributed by atoms with E-state index in [4.69, 9.17) is 4.74 Å². The molecular weight excluding hydrogens is 396 g/mol. The second kappa shape index (κ2) is 7.47. The molecular formula is C28H28N2O2. The maximum absolute atomic E-state index is 12.4. The Kier molecular flexibility index (Phi) is 4.56. The molecule has 4 heteroatoms. The number of H-pyrrole nitrogens is 1. The second-order valence-corrected chi connectivity index (χ2v) is 9.82. The van der Waals surface area contributed by atoms with E-state index < -0.39 is 0 Å². The fourth-order valence-corrected chi connectivity index (χ4v) is 6.87. The largest absolute Gasteiger partial charge is 0.465 e. The summed E-state index contributed by atoms with van der Waals surface area (Å²) in [4.78, 5) is 12.4. The average molecular weight is 425 g/mol. The van der Waals surface area contributed by atoms with E-state index in [0.717, 1.165) is 33.9 Å². The standard InChI is InChI=1S/C28H28N2O2/c1-16(28(31)32-2)23-5-3-4-6-24(23)27(19-7-8-25-22(14-19)15-29-30-25)26-20-10-17-9-18(12-20)13-21(26)11-17/h3-8,14-15,17-18,20-21H,1,9-13H2,2H3,(H,29,30). The van der Waals surface area contributed by atoms with Gasteiger partial charge in [0.1, 0.15) is 0 Å². The summed E-state index contributed by atoms with van der Waals surface area (Å²) in [7, 11) is 1.42. The number of nitrogens with one attached hydrogen (secondary N) is 1. The number of hydrogen-bond acceptors (Lipinski definition) is 3. The molecule has 4 saturated carbocycles. The van der Waals surface area contributed by atoms with Crippen molar-refractivity contribution in [1.82, 2.24) is 10.2 Å². The number of aromatic nitrogens is 2. The van der Waals surface area contributed by atoms with E-state index in [-0.39, 0.29) is 5.97 Å². The van der Waals surface area contributed by atoms with Gasteiger partial charge in [-0.1, -0.05) is 42.5 Å². The van der Waals surface area contributed by atoms with E-state index in [0.29, 0.717) is 17.4 Å². The summed E-state index contributed by atoms with van der Waals surface area (Å²) >= 11 is 0. The van der Waals surface area contributed by atoms with Crippen LogP contribution < -0.4 is 0 Å². The quantitative estimate of drug-likeness (QED) is 0.412. The topological polar surface area (TPSA) is 55.0 Å². The van der Waals surface area contributed by atoms with Gasteiger partial charge in [-0.05, 0) is 90.2 Å². The summed E-state index contributed by atoms with van der Waals surface area (Å²) in [5.74, 6) is 2.68. The third-order valence-electron chi connectivity index (χ3n) is 7.99. The molecule has 4 aliphatic carbocycles. The number of methoxy groups -OCH3 is 1. The molecule has 1 aromatic heterocycles. The number of allylic oxidation sites excluding steroid dienone is 1. The highest BCUT2D eigenvalue weighted by Crippen LogP contribution is 2.58. The van der Waals surface area contributed by atoms with Crippen LogP contribution in [-0.2, 0) is 9.53 Å². The van der Waals surface area contributed by atoms with Crippen molar-refractivity contribution in [2.45, 2.75) is 32.1 Å². The third kappa shape index (κ3) is 3.04. The first kappa shape index (κ1) is 19.5. The van der Waals surface area contributed by atoms with E-state index in [1.807, 2.05) is 18.3 Å². The number of carbonyl (C=O) groups is 1. The smallest absolute Gasteiger partial charge is 0.337 e. The first-order chi connectivity index (χ1) is 15.6. The van der Waals surface area contributed by atoms with Crippen LogP contribution >= 0.6 is 0 Å². The Balaban J connectivity index is 1.60. The SMILES string of the molecule is C=C(C(=O)OC)c1ccccc1C(=C1C2CC3CC(C2)CC1C3)c1ccc2[nH]ncc2c1. The highest BCUT2D eigenvalue weighted by Gasteiger charge is 2.46. The molecule has 4 bridgehead atoms. The maximum Gasteiger partial charge on any atom is 0.337 e. The molecule has 1 N–H and O–H groups in total. The van der Waals surface area contributed by atoms with Gasteiger partial charge in [0.05, 0.1) is 24.4 Å². The zero-order valence-corrected chi connectivity index (χ0v) is 18.4. The Morgan fingerprint density at radius 2 is 1.69 bits per heavy atom. The molecule has 4 fully saturated rings. The molecule has 0 spiro atoms. The van der Waals surface area contributed by atoms with E-state index >= 15 is 0 Å². The lowest BCUT2D eigenvalue weighted by molar-refractivity contribution is -0.133. The summed E-state index contributed by atoms with van der Waals surface area (Å²) in [5, 5.41) is 8.40. The zero-order chi connectivity index (χ0) is 21.8. The van der Waals surface area contributed by atoms with Gasteiger partial charge in [-0.3, -0.25) is 5.10 Å². The molecule has 2 aromatic carbocycles. The van der Waals surface area contributed by atoms with Gasteiger partial charge in [0, 0.05) is 5.39 Å². The van der Waals surface area contributed by atoms with Crippen LogP contribution in [0.1, 0.15) is 48.8 Å². The highest BCUT2D eigenvalue weighted by molar-refractivity contribution is 6.17. The van der Waals surface area contributed by atoms with E-state index in [9.17, 15) is 4.79 Å². The summed E-state index contributed by atoms with van der Waals surface area (Å²) in [6, 6.07) is 14.8. The number of carbonyl (C=O) groups excluding carboxylic acids is 1. The minimum atomic E-state index is -0.378.